The molecule has 3 aromatic carbocycles. The van der Waals surface area contributed by atoms with Crippen molar-refractivity contribution in [2.75, 3.05) is 21.3 Å². The largest absolute Gasteiger partial charge is 0.493 e. The van der Waals surface area contributed by atoms with Crippen LogP contribution in [0.5, 0.6) is 11.5 Å². The standard InChI is InChI=1S/C27H25N3O4/c1-28-26(31)19-8-6-7-17(13-19)16-29-27(32)21-15-23(30-22-10-5-4-9-20(21)22)18-11-12-24(33-2)25(14-18)34-3/h4-15H,16H2,1-3H3,(H,28,31)(H,29,32). The van der Waals surface area contributed by atoms with Crippen molar-refractivity contribution >= 4 is 22.7 Å². The minimum absolute atomic E-state index is 0.173. The van der Waals surface area contributed by atoms with E-state index in [9.17, 15) is 9.59 Å². The number of nitrogens with one attached hydrogen (secondary N) is 2. The molecule has 0 aliphatic heterocycles. The molecule has 7 heteroatoms. The summed E-state index contributed by atoms with van der Waals surface area (Å²) in [7, 11) is 4.74. The van der Waals surface area contributed by atoms with Crippen LogP contribution in [0.1, 0.15) is 26.3 Å². The summed E-state index contributed by atoms with van der Waals surface area (Å²) in [6.07, 6.45) is 0. The first-order valence-corrected chi connectivity index (χ1v) is 10.8. The summed E-state index contributed by atoms with van der Waals surface area (Å²) < 4.78 is 10.8. The van der Waals surface area contributed by atoms with Gasteiger partial charge in [0.15, 0.2) is 11.5 Å². The molecule has 2 amide bonds. The summed E-state index contributed by atoms with van der Waals surface area (Å²) in [6, 6.07) is 22.0. The summed E-state index contributed by atoms with van der Waals surface area (Å²) in [6.45, 7) is 0.284. The highest BCUT2D eigenvalue weighted by Gasteiger charge is 2.15. The highest BCUT2D eigenvalue weighted by atomic mass is 16.5. The zero-order chi connectivity index (χ0) is 24.1. The molecule has 2 N–H and O–H groups in total. The number of rotatable bonds is 7. The maximum Gasteiger partial charge on any atom is 0.252 e. The van der Waals surface area contributed by atoms with Gasteiger partial charge in [-0.15, -0.1) is 0 Å². The molecule has 4 rings (SSSR count). The number of aromatic nitrogens is 1. The molecule has 0 unspecified atom stereocenters. The summed E-state index contributed by atoms with van der Waals surface area (Å²) in [5.74, 6) is 0.791. The molecule has 172 valence electrons. The first-order valence-electron chi connectivity index (χ1n) is 10.8. The molecule has 0 bridgehead atoms. The van der Waals surface area contributed by atoms with E-state index in [1.165, 1.54) is 0 Å². The average Bonchev–Trinajstić information content (AvgIpc) is 2.90. The zero-order valence-corrected chi connectivity index (χ0v) is 19.2. The molecule has 0 spiro atoms. The van der Waals surface area contributed by atoms with Crippen LogP contribution >= 0.6 is 0 Å². The predicted molar refractivity (Wildman–Crippen MR) is 131 cm³/mol. The number of amides is 2. The second kappa shape index (κ2) is 10.0. The Balaban J connectivity index is 1.67. The fraction of sp³-hybridized carbons (Fsp3) is 0.148. The minimum Gasteiger partial charge on any atom is -0.493 e. The normalized spacial score (nSPS) is 10.6. The van der Waals surface area contributed by atoms with Gasteiger partial charge in [0.05, 0.1) is 31.0 Å². The van der Waals surface area contributed by atoms with Crippen LogP contribution in [0.3, 0.4) is 0 Å². The predicted octanol–water partition coefficient (Wildman–Crippen LogP) is 4.21. The van der Waals surface area contributed by atoms with Gasteiger partial charge < -0.3 is 20.1 Å². The van der Waals surface area contributed by atoms with Gasteiger partial charge in [-0.2, -0.15) is 0 Å². The molecule has 0 aliphatic carbocycles. The van der Waals surface area contributed by atoms with Crippen molar-refractivity contribution in [2.45, 2.75) is 6.54 Å². The SMILES string of the molecule is CNC(=O)c1cccc(CNC(=O)c2cc(-c3ccc(OC)c(OC)c3)nc3ccccc23)c1. The number of methoxy groups -OCH3 is 2. The molecule has 0 saturated heterocycles. The number of ether oxygens (including phenoxy) is 2. The fourth-order valence-electron chi connectivity index (χ4n) is 3.75. The maximum absolute atomic E-state index is 13.3. The highest BCUT2D eigenvalue weighted by molar-refractivity contribution is 6.07. The minimum atomic E-state index is -0.231. The molecule has 4 aromatic rings. The van der Waals surface area contributed by atoms with Gasteiger partial charge in [-0.05, 0) is 48.0 Å². The third kappa shape index (κ3) is 4.68. The van der Waals surface area contributed by atoms with Gasteiger partial charge in [-0.25, -0.2) is 4.98 Å². The Morgan fingerprint density at radius 1 is 0.853 bits per heavy atom. The van der Waals surface area contributed by atoms with Crippen molar-refractivity contribution in [3.8, 4) is 22.8 Å². The van der Waals surface area contributed by atoms with Crippen LogP contribution in [0, 0.1) is 0 Å². The summed E-state index contributed by atoms with van der Waals surface area (Å²) >= 11 is 0. The lowest BCUT2D eigenvalue weighted by atomic mass is 10.0. The van der Waals surface area contributed by atoms with E-state index in [1.807, 2.05) is 48.5 Å². The van der Waals surface area contributed by atoms with Crippen molar-refractivity contribution in [1.82, 2.24) is 15.6 Å². The van der Waals surface area contributed by atoms with Crippen LogP contribution in [-0.4, -0.2) is 38.1 Å². The Labute approximate surface area is 197 Å². The molecule has 0 saturated carbocycles. The quantitative estimate of drug-likeness (QED) is 0.436. The van der Waals surface area contributed by atoms with Gasteiger partial charge in [0, 0.05) is 30.1 Å². The number of nitrogens with zero attached hydrogens (tertiary/aromatic N) is 1. The third-order valence-corrected chi connectivity index (χ3v) is 5.51. The molecule has 7 nitrogen and oxygen atoms in total. The number of pyridine rings is 1. The first-order chi connectivity index (χ1) is 16.5. The van der Waals surface area contributed by atoms with Gasteiger partial charge in [0.2, 0.25) is 0 Å². The Morgan fingerprint density at radius 3 is 2.41 bits per heavy atom. The molecule has 0 atom stereocenters. The van der Waals surface area contributed by atoms with Crippen LogP contribution in [0.4, 0.5) is 0 Å². The summed E-state index contributed by atoms with van der Waals surface area (Å²) in [5.41, 5.74) is 4.04. The van der Waals surface area contributed by atoms with E-state index in [0.29, 0.717) is 33.8 Å². The van der Waals surface area contributed by atoms with Crippen molar-refractivity contribution in [3.63, 3.8) is 0 Å². The van der Waals surface area contributed by atoms with Gasteiger partial charge in [-0.3, -0.25) is 9.59 Å². The van der Waals surface area contributed by atoms with Crippen LogP contribution in [0.25, 0.3) is 22.2 Å². The zero-order valence-electron chi connectivity index (χ0n) is 19.2. The van der Waals surface area contributed by atoms with Gasteiger partial charge >= 0.3 is 0 Å². The number of carbonyl (C=O) groups is 2. The highest BCUT2D eigenvalue weighted by Crippen LogP contribution is 2.33. The molecule has 34 heavy (non-hydrogen) atoms. The Morgan fingerprint density at radius 2 is 1.65 bits per heavy atom. The maximum atomic E-state index is 13.3. The lowest BCUT2D eigenvalue weighted by Gasteiger charge is -2.13. The van der Waals surface area contributed by atoms with E-state index >= 15 is 0 Å². The number of hydrogen-bond donors (Lipinski definition) is 2. The third-order valence-electron chi connectivity index (χ3n) is 5.51. The Hall–Kier alpha value is -4.39. The average molecular weight is 456 g/mol. The fourth-order valence-corrected chi connectivity index (χ4v) is 3.75. The monoisotopic (exact) mass is 455 g/mol. The van der Waals surface area contributed by atoms with E-state index in [2.05, 4.69) is 10.6 Å². The lowest BCUT2D eigenvalue weighted by Crippen LogP contribution is -2.24. The molecule has 0 fully saturated rings. The molecular weight excluding hydrogens is 430 g/mol. The molecule has 1 aromatic heterocycles. The van der Waals surface area contributed by atoms with E-state index in [1.54, 1.807) is 45.5 Å². The topological polar surface area (TPSA) is 89.6 Å². The van der Waals surface area contributed by atoms with Crippen LogP contribution < -0.4 is 20.1 Å². The lowest BCUT2D eigenvalue weighted by molar-refractivity contribution is 0.0950. The van der Waals surface area contributed by atoms with Crippen LogP contribution in [-0.2, 0) is 6.54 Å². The number of fused-ring (bicyclic) bond motifs is 1. The van der Waals surface area contributed by atoms with Crippen molar-refractivity contribution < 1.29 is 19.1 Å². The van der Waals surface area contributed by atoms with E-state index in [0.717, 1.165) is 16.5 Å². The Bertz CT molecular complexity index is 1370. The van der Waals surface area contributed by atoms with Crippen molar-refractivity contribution in [1.29, 1.82) is 0 Å². The van der Waals surface area contributed by atoms with Gasteiger partial charge in [0.25, 0.3) is 11.8 Å². The van der Waals surface area contributed by atoms with Gasteiger partial charge in [-0.1, -0.05) is 30.3 Å². The summed E-state index contributed by atoms with van der Waals surface area (Å²) in [5, 5.41) is 6.33. The van der Waals surface area contributed by atoms with E-state index in [-0.39, 0.29) is 18.4 Å². The number of carbonyl (C=O) groups excluding carboxylic acids is 2. The number of hydrogen-bond acceptors (Lipinski definition) is 5. The number of benzene rings is 3. The number of para-hydroxylation sites is 1. The second-order valence-corrected chi connectivity index (χ2v) is 7.60. The van der Waals surface area contributed by atoms with Crippen LogP contribution in [0.15, 0.2) is 72.8 Å². The van der Waals surface area contributed by atoms with Crippen molar-refractivity contribution in [2.24, 2.45) is 0 Å². The summed E-state index contributed by atoms with van der Waals surface area (Å²) in [4.78, 5) is 29.9. The molecular formula is C27H25N3O4. The second-order valence-electron chi connectivity index (χ2n) is 7.60. The first kappa shape index (κ1) is 22.8. The van der Waals surface area contributed by atoms with E-state index in [4.69, 9.17) is 14.5 Å². The molecule has 0 aliphatic rings. The molecule has 1 heterocycles. The van der Waals surface area contributed by atoms with Gasteiger partial charge in [0.1, 0.15) is 0 Å². The molecule has 0 radical (unpaired) electrons. The van der Waals surface area contributed by atoms with Crippen LogP contribution in [0.2, 0.25) is 0 Å². The smallest absolute Gasteiger partial charge is 0.252 e. The Kier molecular flexibility index (Phi) is 6.73. The van der Waals surface area contributed by atoms with Crippen molar-refractivity contribution in [3.05, 3.63) is 89.5 Å². The van der Waals surface area contributed by atoms with E-state index < -0.39 is 0 Å².